The molecule has 1 aromatic carbocycles. The number of nitrogens with two attached hydrogens (primary N) is 1. The average molecular weight is 805 g/mol. The summed E-state index contributed by atoms with van der Waals surface area (Å²) in [7, 11) is -3.45. The number of aromatic amines is 1. The van der Waals surface area contributed by atoms with E-state index in [1.54, 1.807) is 31.3 Å². The Balaban J connectivity index is 1.26. The highest BCUT2D eigenvalue weighted by atomic mass is 31.2. The number of rotatable bonds is 19. The standard InChI is InChI=1S/C31H47N6O17P/c1-12(20-13(2)34-26-21(37(20)3)27(45)36-31(32)35-26)33-15-6-4-14(5-7-15)10-16(38)22(41)24(43)29(48)53-30-25(44)23(42)18(52-30)11-51-55(49,50)54-17(28(46)47)8-9-19(39)40/h4-7,12-13,16-18,20,22-25,29-30,33,38,41-44,48H,8-11H2,1-3H3,(H,39,40)(H,46,47)(H,49,50)(H4,32,34,35,36,45)/p-2/t12?,13?,16?,17?,18-,20?,22?,23-,24?,25-,29?,30-/m1/s1. The molecule has 0 saturated carbocycles. The number of carboxylic acids is 2. The number of nitrogens with one attached hydrogen (secondary N) is 3. The molecule has 2 aliphatic rings. The number of aliphatic hydroxyl groups is 6. The van der Waals surface area contributed by atoms with Crippen molar-refractivity contribution in [1.82, 2.24) is 9.97 Å². The molecule has 55 heavy (non-hydrogen) atoms. The Bertz CT molecular complexity index is 1740. The third-order valence-electron chi connectivity index (χ3n) is 9.06. The number of carboxylic acid groups (broad SMARTS) is 2. The lowest BCUT2D eigenvalue weighted by Crippen LogP contribution is -2.57. The lowest BCUT2D eigenvalue weighted by molar-refractivity contribution is -0.315. The van der Waals surface area contributed by atoms with Gasteiger partial charge in [-0.25, -0.2) is 4.57 Å². The molecule has 308 valence electrons. The normalized spacial score (nSPS) is 26.8. The molecule has 1 fully saturated rings. The van der Waals surface area contributed by atoms with E-state index in [2.05, 4.69) is 29.6 Å². The zero-order chi connectivity index (χ0) is 40.9. The minimum atomic E-state index is -5.23. The topological polar surface area (TPSA) is 375 Å². The van der Waals surface area contributed by atoms with Crippen LogP contribution in [0.4, 0.5) is 23.1 Å². The second-order valence-corrected chi connectivity index (χ2v) is 14.6. The van der Waals surface area contributed by atoms with Crippen LogP contribution in [-0.2, 0) is 39.1 Å². The van der Waals surface area contributed by atoms with Crippen molar-refractivity contribution < 1.29 is 78.4 Å². The molecule has 4 rings (SSSR count). The fraction of sp³-hybridized carbons (Fsp3) is 0.613. The molecular formula is C31H45N6O17P-2. The van der Waals surface area contributed by atoms with Crippen LogP contribution in [0, 0.1) is 0 Å². The minimum absolute atomic E-state index is 0.00485. The summed E-state index contributed by atoms with van der Waals surface area (Å²) in [4.78, 5) is 52.6. The van der Waals surface area contributed by atoms with Crippen LogP contribution >= 0.6 is 7.82 Å². The van der Waals surface area contributed by atoms with E-state index in [1.165, 1.54) is 0 Å². The smallest absolute Gasteiger partial charge is 0.472 e. The largest absolute Gasteiger partial charge is 0.550 e. The third-order valence-corrected chi connectivity index (χ3v) is 10.1. The van der Waals surface area contributed by atoms with Crippen LogP contribution in [0.15, 0.2) is 29.1 Å². The molecule has 0 radical (unpaired) electrons. The van der Waals surface area contributed by atoms with Gasteiger partial charge < -0.3 is 86.1 Å². The number of aliphatic carboxylic acids is 2. The number of phosphoric ester groups is 1. The summed E-state index contributed by atoms with van der Waals surface area (Å²) in [6.45, 7) is 2.86. The van der Waals surface area contributed by atoms with Crippen molar-refractivity contribution in [3.8, 4) is 0 Å². The number of carbonyl (C=O) groups excluding carboxylic acids is 2. The van der Waals surface area contributed by atoms with Gasteiger partial charge in [-0.15, -0.1) is 0 Å². The molecule has 9 unspecified atom stereocenters. The first kappa shape index (κ1) is 43.8. The Kier molecular flexibility index (Phi) is 14.6. The lowest BCUT2D eigenvalue weighted by Gasteiger charge is -2.43. The zero-order valence-electron chi connectivity index (χ0n) is 29.7. The van der Waals surface area contributed by atoms with Gasteiger partial charge in [0.2, 0.25) is 5.95 Å². The van der Waals surface area contributed by atoms with Gasteiger partial charge in [0.05, 0.1) is 24.7 Å². The molecule has 3 heterocycles. The number of fused-ring (bicyclic) bond motifs is 1. The minimum Gasteiger partial charge on any atom is -0.550 e. The molecule has 13 atom stereocenters. The molecule has 0 amide bonds. The number of aliphatic hydroxyl groups excluding tert-OH is 6. The van der Waals surface area contributed by atoms with Gasteiger partial charge in [-0.3, -0.25) is 18.8 Å². The second kappa shape index (κ2) is 18.3. The number of nitrogens with zero attached hydrogens (tertiary/aromatic N) is 2. The van der Waals surface area contributed by atoms with Crippen LogP contribution in [0.1, 0.15) is 32.3 Å². The maximum atomic E-state index is 12.6. The van der Waals surface area contributed by atoms with Crippen molar-refractivity contribution in [1.29, 1.82) is 0 Å². The van der Waals surface area contributed by atoms with Gasteiger partial charge in [0, 0.05) is 37.2 Å². The number of ether oxygens (including phenoxy) is 2. The summed E-state index contributed by atoms with van der Waals surface area (Å²) in [6, 6.07) is 6.20. The first-order chi connectivity index (χ1) is 25.7. The molecule has 12 N–H and O–H groups in total. The van der Waals surface area contributed by atoms with Gasteiger partial charge in [0.1, 0.15) is 42.3 Å². The Morgan fingerprint density at radius 1 is 1.13 bits per heavy atom. The highest BCUT2D eigenvalue weighted by Crippen LogP contribution is 2.46. The molecular weight excluding hydrogens is 759 g/mol. The fourth-order valence-electron chi connectivity index (χ4n) is 6.31. The van der Waals surface area contributed by atoms with Crippen molar-refractivity contribution in [3.05, 3.63) is 40.2 Å². The number of phosphoric acid groups is 1. The Hall–Kier alpha value is -3.97. The van der Waals surface area contributed by atoms with E-state index in [1.807, 2.05) is 18.7 Å². The molecule has 2 aliphatic heterocycles. The second-order valence-electron chi connectivity index (χ2n) is 13.2. The van der Waals surface area contributed by atoms with E-state index in [0.29, 0.717) is 22.8 Å². The van der Waals surface area contributed by atoms with Gasteiger partial charge in [-0.2, -0.15) is 4.98 Å². The van der Waals surface area contributed by atoms with Crippen molar-refractivity contribution in [3.63, 3.8) is 0 Å². The molecule has 1 saturated heterocycles. The predicted molar refractivity (Wildman–Crippen MR) is 183 cm³/mol. The highest BCUT2D eigenvalue weighted by Gasteiger charge is 2.47. The lowest BCUT2D eigenvalue weighted by atomic mass is 9.97. The highest BCUT2D eigenvalue weighted by molar-refractivity contribution is 7.47. The van der Waals surface area contributed by atoms with Crippen molar-refractivity contribution in [2.45, 2.75) is 107 Å². The first-order valence-electron chi connectivity index (χ1n) is 16.9. The summed E-state index contributed by atoms with van der Waals surface area (Å²) in [6.07, 6.45) is -19.6. The van der Waals surface area contributed by atoms with Crippen LogP contribution in [0.3, 0.4) is 0 Å². The van der Waals surface area contributed by atoms with Crippen molar-refractivity contribution in [2.75, 3.05) is 34.9 Å². The first-order valence-corrected chi connectivity index (χ1v) is 18.4. The SMILES string of the molecule is CC(Nc1ccc(CC(O)C(O)C(O)C(O)O[C@H]2O[C@H](COP(=O)(O)OC(CCC(=O)[O-])C(=O)[O-])[C@@H](O)[C@H]2O)cc1)C1C(C)Nc2nc(N)[nH]c(=O)c2N1C. The summed E-state index contributed by atoms with van der Waals surface area (Å²) in [5, 5.41) is 91.0. The van der Waals surface area contributed by atoms with E-state index in [9.17, 15) is 64.7 Å². The number of hydrogen-bond acceptors (Lipinski definition) is 21. The zero-order valence-corrected chi connectivity index (χ0v) is 30.6. The summed E-state index contributed by atoms with van der Waals surface area (Å²) in [5.41, 5.74) is 6.86. The van der Waals surface area contributed by atoms with Crippen LogP contribution in [0.5, 0.6) is 0 Å². The number of aromatic nitrogens is 2. The Morgan fingerprint density at radius 3 is 2.40 bits per heavy atom. The number of carbonyl (C=O) groups is 2. The van der Waals surface area contributed by atoms with Crippen molar-refractivity contribution in [2.24, 2.45) is 0 Å². The summed E-state index contributed by atoms with van der Waals surface area (Å²) < 4.78 is 31.4. The monoisotopic (exact) mass is 804 g/mol. The maximum absolute atomic E-state index is 12.6. The van der Waals surface area contributed by atoms with Crippen LogP contribution in [0.2, 0.25) is 0 Å². The van der Waals surface area contributed by atoms with Crippen LogP contribution in [0.25, 0.3) is 0 Å². The molecule has 24 heteroatoms. The van der Waals surface area contributed by atoms with E-state index >= 15 is 0 Å². The van der Waals surface area contributed by atoms with Crippen LogP contribution in [-0.4, -0.2) is 145 Å². The van der Waals surface area contributed by atoms with Crippen molar-refractivity contribution >= 4 is 42.9 Å². The fourth-order valence-corrected chi connectivity index (χ4v) is 7.22. The summed E-state index contributed by atoms with van der Waals surface area (Å²) in [5.74, 6) is -3.32. The molecule has 23 nitrogen and oxygen atoms in total. The number of H-pyrrole nitrogens is 1. The van der Waals surface area contributed by atoms with E-state index in [-0.39, 0.29) is 36.1 Å². The van der Waals surface area contributed by atoms with E-state index in [4.69, 9.17) is 15.2 Å². The van der Waals surface area contributed by atoms with Gasteiger partial charge in [0.15, 0.2) is 18.4 Å². The number of hydrogen-bond donors (Lipinski definition) is 11. The molecule has 0 spiro atoms. The third kappa shape index (κ3) is 11.1. The van der Waals surface area contributed by atoms with Crippen LogP contribution < -0.4 is 37.0 Å². The Labute approximate surface area is 312 Å². The summed E-state index contributed by atoms with van der Waals surface area (Å²) >= 11 is 0. The quantitative estimate of drug-likeness (QED) is 0.0466. The van der Waals surface area contributed by atoms with Gasteiger partial charge in [-0.05, 0) is 44.4 Å². The number of anilines is 4. The molecule has 1 aromatic heterocycles. The predicted octanol–water partition coefficient (Wildman–Crippen LogP) is -5.34. The number of nitrogen functional groups attached to an aromatic ring is 1. The number of likely N-dealkylation sites (N-methyl/N-ethyl adjacent to an activating group) is 1. The van der Waals surface area contributed by atoms with E-state index in [0.717, 1.165) is 0 Å². The maximum Gasteiger partial charge on any atom is 0.472 e. The molecule has 0 aliphatic carbocycles. The van der Waals surface area contributed by atoms with Gasteiger partial charge >= 0.3 is 7.82 Å². The van der Waals surface area contributed by atoms with Gasteiger partial charge in [0.25, 0.3) is 5.56 Å². The number of benzene rings is 1. The molecule has 2 aromatic rings. The van der Waals surface area contributed by atoms with E-state index < -0.39 is 94.5 Å². The average Bonchev–Trinajstić information content (AvgIpc) is 3.36. The molecule has 0 bridgehead atoms. The van der Waals surface area contributed by atoms with Gasteiger partial charge in [-0.1, -0.05) is 12.1 Å². The Morgan fingerprint density at radius 2 is 1.78 bits per heavy atom.